The summed E-state index contributed by atoms with van der Waals surface area (Å²) in [7, 11) is 0. The Bertz CT molecular complexity index is 515. The summed E-state index contributed by atoms with van der Waals surface area (Å²) in [6.07, 6.45) is 0.609. The first-order valence-corrected chi connectivity index (χ1v) is 6.84. The number of nitrogens with two attached hydrogens (primary N) is 1. The van der Waals surface area contributed by atoms with E-state index in [2.05, 4.69) is 0 Å². The molecule has 2 aromatic carbocycles. The highest BCUT2D eigenvalue weighted by atomic mass is 19.1. The molecular formula is C17H20FNO. The third-order valence-electron chi connectivity index (χ3n) is 3.26. The van der Waals surface area contributed by atoms with E-state index in [-0.39, 0.29) is 11.7 Å². The summed E-state index contributed by atoms with van der Waals surface area (Å²) in [5, 5.41) is 0. The fraction of sp³-hybridized carbons (Fsp3) is 0.294. The fourth-order valence-electron chi connectivity index (χ4n) is 2.10. The molecule has 2 aromatic rings. The van der Waals surface area contributed by atoms with E-state index in [1.165, 1.54) is 6.07 Å². The van der Waals surface area contributed by atoms with Crippen molar-refractivity contribution in [2.24, 2.45) is 11.7 Å². The van der Waals surface area contributed by atoms with Crippen LogP contribution in [0.1, 0.15) is 11.1 Å². The van der Waals surface area contributed by atoms with Crippen LogP contribution in [0.4, 0.5) is 4.39 Å². The highest BCUT2D eigenvalue weighted by Gasteiger charge is 2.11. The molecule has 0 saturated carbocycles. The second kappa shape index (κ2) is 7.78. The van der Waals surface area contributed by atoms with Gasteiger partial charge in [0.05, 0.1) is 13.2 Å². The minimum Gasteiger partial charge on any atom is -0.376 e. The summed E-state index contributed by atoms with van der Waals surface area (Å²) in [6.45, 7) is 1.59. The van der Waals surface area contributed by atoms with E-state index in [9.17, 15) is 4.39 Å². The molecule has 0 aliphatic carbocycles. The van der Waals surface area contributed by atoms with Crippen LogP contribution < -0.4 is 5.73 Å². The molecule has 3 heteroatoms. The molecular weight excluding hydrogens is 253 g/mol. The molecule has 0 bridgehead atoms. The quantitative estimate of drug-likeness (QED) is 0.841. The lowest BCUT2D eigenvalue weighted by molar-refractivity contribution is 0.0890. The van der Waals surface area contributed by atoms with Crippen molar-refractivity contribution in [3.8, 4) is 0 Å². The molecule has 0 aromatic heterocycles. The molecule has 2 nitrogen and oxygen atoms in total. The Labute approximate surface area is 119 Å². The third kappa shape index (κ3) is 4.44. The minimum absolute atomic E-state index is 0.135. The van der Waals surface area contributed by atoms with Crippen molar-refractivity contribution >= 4 is 0 Å². The van der Waals surface area contributed by atoms with Crippen LogP contribution in [0, 0.1) is 11.7 Å². The monoisotopic (exact) mass is 273 g/mol. The molecule has 0 saturated heterocycles. The van der Waals surface area contributed by atoms with Gasteiger partial charge in [0.15, 0.2) is 0 Å². The van der Waals surface area contributed by atoms with Crippen molar-refractivity contribution in [2.45, 2.75) is 13.0 Å². The molecule has 0 amide bonds. The van der Waals surface area contributed by atoms with Crippen molar-refractivity contribution in [1.29, 1.82) is 0 Å². The van der Waals surface area contributed by atoms with Crippen LogP contribution in [0.15, 0.2) is 54.6 Å². The summed E-state index contributed by atoms with van der Waals surface area (Å²) >= 11 is 0. The predicted molar refractivity (Wildman–Crippen MR) is 78.7 cm³/mol. The van der Waals surface area contributed by atoms with Gasteiger partial charge < -0.3 is 10.5 Å². The van der Waals surface area contributed by atoms with Gasteiger partial charge in [-0.05, 0) is 36.1 Å². The van der Waals surface area contributed by atoms with Crippen LogP contribution in [-0.2, 0) is 17.8 Å². The topological polar surface area (TPSA) is 35.2 Å². The Hall–Kier alpha value is -1.71. The average Bonchev–Trinajstić information content (AvgIpc) is 2.49. The van der Waals surface area contributed by atoms with Gasteiger partial charge >= 0.3 is 0 Å². The smallest absolute Gasteiger partial charge is 0.126 e. The van der Waals surface area contributed by atoms with Crippen molar-refractivity contribution < 1.29 is 9.13 Å². The van der Waals surface area contributed by atoms with Crippen molar-refractivity contribution in [1.82, 2.24) is 0 Å². The van der Waals surface area contributed by atoms with Crippen LogP contribution >= 0.6 is 0 Å². The van der Waals surface area contributed by atoms with E-state index >= 15 is 0 Å². The molecule has 106 valence electrons. The maximum absolute atomic E-state index is 13.6. The SMILES string of the molecule is NCC(COCc1ccccc1)Cc1ccccc1F. The van der Waals surface area contributed by atoms with Crippen LogP contribution in [0.5, 0.6) is 0 Å². The first kappa shape index (κ1) is 14.7. The Kier molecular flexibility index (Phi) is 5.71. The molecule has 0 aliphatic heterocycles. The van der Waals surface area contributed by atoms with Crippen LogP contribution in [0.25, 0.3) is 0 Å². The molecule has 20 heavy (non-hydrogen) atoms. The molecule has 0 heterocycles. The Balaban J connectivity index is 1.82. The molecule has 2 rings (SSSR count). The maximum Gasteiger partial charge on any atom is 0.126 e. The summed E-state index contributed by atoms with van der Waals surface area (Å²) in [5.41, 5.74) is 7.58. The lowest BCUT2D eigenvalue weighted by Gasteiger charge is -2.15. The Morgan fingerprint density at radius 3 is 2.40 bits per heavy atom. The van der Waals surface area contributed by atoms with Gasteiger partial charge in [0, 0.05) is 0 Å². The fourth-order valence-corrected chi connectivity index (χ4v) is 2.10. The number of ether oxygens (including phenoxy) is 1. The van der Waals surface area contributed by atoms with Gasteiger partial charge in [0.1, 0.15) is 5.82 Å². The van der Waals surface area contributed by atoms with E-state index in [0.29, 0.717) is 31.7 Å². The molecule has 0 aliphatic rings. The largest absolute Gasteiger partial charge is 0.376 e. The van der Waals surface area contributed by atoms with Crippen LogP contribution in [-0.4, -0.2) is 13.2 Å². The zero-order valence-electron chi connectivity index (χ0n) is 11.5. The van der Waals surface area contributed by atoms with Gasteiger partial charge in [-0.25, -0.2) is 4.39 Å². The standard InChI is InChI=1S/C17H20FNO/c18-17-9-5-4-8-16(17)10-15(11-19)13-20-12-14-6-2-1-3-7-14/h1-9,15H,10-13,19H2. The summed E-state index contributed by atoms with van der Waals surface area (Å²) in [6, 6.07) is 16.8. The van der Waals surface area contributed by atoms with E-state index in [1.54, 1.807) is 12.1 Å². The second-order valence-electron chi connectivity index (χ2n) is 4.90. The molecule has 0 spiro atoms. The van der Waals surface area contributed by atoms with Gasteiger partial charge in [0.25, 0.3) is 0 Å². The number of halogens is 1. The van der Waals surface area contributed by atoms with Gasteiger partial charge in [-0.3, -0.25) is 0 Å². The Morgan fingerprint density at radius 2 is 1.70 bits per heavy atom. The maximum atomic E-state index is 13.6. The molecule has 0 radical (unpaired) electrons. The minimum atomic E-state index is -0.172. The normalized spacial score (nSPS) is 12.3. The van der Waals surface area contributed by atoms with Crippen molar-refractivity contribution in [3.63, 3.8) is 0 Å². The van der Waals surface area contributed by atoms with Crippen molar-refractivity contribution in [3.05, 3.63) is 71.5 Å². The van der Waals surface area contributed by atoms with Gasteiger partial charge in [-0.2, -0.15) is 0 Å². The molecule has 1 atom stereocenters. The number of hydrogen-bond acceptors (Lipinski definition) is 2. The number of benzene rings is 2. The summed E-state index contributed by atoms with van der Waals surface area (Å²) in [4.78, 5) is 0. The number of hydrogen-bond donors (Lipinski definition) is 1. The second-order valence-corrected chi connectivity index (χ2v) is 4.90. The molecule has 2 N–H and O–H groups in total. The lowest BCUT2D eigenvalue weighted by Crippen LogP contribution is -2.22. The van der Waals surface area contributed by atoms with Crippen LogP contribution in [0.3, 0.4) is 0 Å². The summed E-state index contributed by atoms with van der Waals surface area (Å²) in [5.74, 6) is -0.0374. The highest BCUT2D eigenvalue weighted by molar-refractivity contribution is 5.18. The van der Waals surface area contributed by atoms with Gasteiger partial charge in [-0.1, -0.05) is 48.5 Å². The molecule has 0 fully saturated rings. The van der Waals surface area contributed by atoms with E-state index < -0.39 is 0 Å². The molecule has 1 unspecified atom stereocenters. The van der Waals surface area contributed by atoms with E-state index in [1.807, 2.05) is 36.4 Å². The zero-order valence-corrected chi connectivity index (χ0v) is 11.5. The zero-order chi connectivity index (χ0) is 14.2. The summed E-state index contributed by atoms with van der Waals surface area (Å²) < 4.78 is 19.3. The first-order valence-electron chi connectivity index (χ1n) is 6.84. The predicted octanol–water partition coefficient (Wildman–Crippen LogP) is 3.16. The first-order chi connectivity index (χ1) is 9.79. The van der Waals surface area contributed by atoms with Crippen molar-refractivity contribution in [2.75, 3.05) is 13.2 Å². The third-order valence-corrected chi connectivity index (χ3v) is 3.26. The average molecular weight is 273 g/mol. The van der Waals surface area contributed by atoms with Gasteiger partial charge in [-0.15, -0.1) is 0 Å². The Morgan fingerprint density at radius 1 is 1.00 bits per heavy atom. The van der Waals surface area contributed by atoms with E-state index in [0.717, 1.165) is 5.56 Å². The van der Waals surface area contributed by atoms with Crippen LogP contribution in [0.2, 0.25) is 0 Å². The lowest BCUT2D eigenvalue weighted by atomic mass is 10.00. The van der Waals surface area contributed by atoms with E-state index in [4.69, 9.17) is 10.5 Å². The number of rotatable bonds is 7. The van der Waals surface area contributed by atoms with Gasteiger partial charge in [0.2, 0.25) is 0 Å². The highest BCUT2D eigenvalue weighted by Crippen LogP contribution is 2.13.